The van der Waals surface area contributed by atoms with Gasteiger partial charge in [-0.25, -0.2) is 9.97 Å². The molecule has 3 aliphatic heterocycles. The molecule has 3 aromatic heterocycles. The van der Waals surface area contributed by atoms with E-state index < -0.39 is 0 Å². The fraction of sp³-hybridized carbons (Fsp3) is 0.483. The monoisotopic (exact) mass is 481 g/mol. The molecule has 3 atom stereocenters. The van der Waals surface area contributed by atoms with Crippen LogP contribution in [0.15, 0.2) is 36.7 Å². The molecule has 0 bridgehead atoms. The molecule has 3 aromatic rings. The number of imidazole rings is 1. The van der Waals surface area contributed by atoms with Gasteiger partial charge in [-0.1, -0.05) is 19.1 Å². The van der Waals surface area contributed by atoms with Crippen LogP contribution in [0, 0.1) is 5.92 Å². The van der Waals surface area contributed by atoms with Gasteiger partial charge in [-0.3, -0.25) is 4.98 Å². The molecule has 1 aliphatic carbocycles. The summed E-state index contributed by atoms with van der Waals surface area (Å²) in [7, 11) is 4.37. The lowest BCUT2D eigenvalue weighted by Gasteiger charge is -2.40. The first-order valence-electron chi connectivity index (χ1n) is 13.5. The molecule has 0 radical (unpaired) electrons. The normalized spacial score (nSPS) is 24.5. The first-order valence-corrected chi connectivity index (χ1v) is 13.5. The predicted molar refractivity (Wildman–Crippen MR) is 144 cm³/mol. The lowest BCUT2D eigenvalue weighted by Crippen LogP contribution is -2.35. The van der Waals surface area contributed by atoms with Crippen molar-refractivity contribution in [1.29, 1.82) is 0 Å². The standard InChI is InChI=1S/C29H35N7/c1-19-9-10-26-32-23-18-35(24-8-4-6-20-7-5-12-30-28(20)24)25-14-27(34-13-11-21(17-34)33(2)3)31-15-22(25)29(23)36(26)16-19/h5,7,9-10,12,14-15,19,21,24H,4,6,8,11,13,16-18H2,1-3H3/t19?,21?,24-/m0/s1. The lowest BCUT2D eigenvalue weighted by atomic mass is 9.89. The van der Waals surface area contributed by atoms with Gasteiger partial charge in [-0.15, -0.1) is 0 Å². The molecule has 36 heavy (non-hydrogen) atoms. The summed E-state index contributed by atoms with van der Waals surface area (Å²) >= 11 is 0. The van der Waals surface area contributed by atoms with Crippen molar-refractivity contribution in [2.75, 3.05) is 37.0 Å². The number of hydrogen-bond donors (Lipinski definition) is 0. The van der Waals surface area contributed by atoms with Gasteiger partial charge < -0.3 is 19.3 Å². The number of allylic oxidation sites excluding steroid dienone is 1. The third-order valence-corrected chi connectivity index (χ3v) is 8.63. The van der Waals surface area contributed by atoms with Crippen LogP contribution in [-0.2, 0) is 19.5 Å². The van der Waals surface area contributed by atoms with Crippen LogP contribution in [-0.4, -0.2) is 57.6 Å². The van der Waals surface area contributed by atoms with E-state index in [1.165, 1.54) is 46.7 Å². The minimum absolute atomic E-state index is 0.262. The Hall–Kier alpha value is -3.19. The Kier molecular flexibility index (Phi) is 5.17. The molecule has 186 valence electrons. The van der Waals surface area contributed by atoms with Crippen molar-refractivity contribution in [3.63, 3.8) is 0 Å². The minimum Gasteiger partial charge on any atom is -0.356 e. The Morgan fingerprint density at radius 3 is 2.89 bits per heavy atom. The van der Waals surface area contributed by atoms with Crippen LogP contribution < -0.4 is 9.80 Å². The molecule has 6 heterocycles. The van der Waals surface area contributed by atoms with Gasteiger partial charge in [0, 0.05) is 49.7 Å². The predicted octanol–water partition coefficient (Wildman–Crippen LogP) is 4.54. The summed E-state index contributed by atoms with van der Waals surface area (Å²) in [6, 6.07) is 7.54. The zero-order valence-electron chi connectivity index (χ0n) is 21.6. The van der Waals surface area contributed by atoms with Crippen molar-refractivity contribution < 1.29 is 0 Å². The average Bonchev–Trinajstić information content (AvgIpc) is 3.53. The smallest absolute Gasteiger partial charge is 0.133 e. The van der Waals surface area contributed by atoms with Crippen LogP contribution in [0.4, 0.5) is 11.5 Å². The first kappa shape index (κ1) is 22.0. The topological polar surface area (TPSA) is 53.3 Å². The third-order valence-electron chi connectivity index (χ3n) is 8.63. The highest BCUT2D eigenvalue weighted by molar-refractivity contribution is 5.83. The second-order valence-corrected chi connectivity index (χ2v) is 11.2. The number of fused-ring (bicyclic) bond motifs is 6. The van der Waals surface area contributed by atoms with Crippen molar-refractivity contribution in [3.8, 4) is 11.3 Å². The molecule has 0 N–H and O–H groups in total. The molecule has 7 heteroatoms. The molecule has 4 aliphatic rings. The second kappa shape index (κ2) is 8.44. The Balaban J connectivity index is 1.35. The fourth-order valence-corrected chi connectivity index (χ4v) is 6.66. The third kappa shape index (κ3) is 3.47. The van der Waals surface area contributed by atoms with Crippen molar-refractivity contribution in [2.45, 2.75) is 57.8 Å². The number of rotatable bonds is 3. The van der Waals surface area contributed by atoms with Gasteiger partial charge in [0.05, 0.1) is 35.4 Å². The average molecular weight is 482 g/mol. The van der Waals surface area contributed by atoms with E-state index in [-0.39, 0.29) is 6.04 Å². The van der Waals surface area contributed by atoms with Crippen molar-refractivity contribution >= 4 is 17.6 Å². The van der Waals surface area contributed by atoms with Crippen molar-refractivity contribution in [3.05, 3.63) is 59.4 Å². The van der Waals surface area contributed by atoms with E-state index in [9.17, 15) is 0 Å². The van der Waals surface area contributed by atoms with Crippen LogP contribution >= 0.6 is 0 Å². The largest absolute Gasteiger partial charge is 0.356 e. The van der Waals surface area contributed by atoms with Gasteiger partial charge >= 0.3 is 0 Å². The zero-order valence-corrected chi connectivity index (χ0v) is 21.6. The maximum atomic E-state index is 5.13. The van der Waals surface area contributed by atoms with Gasteiger partial charge in [0.1, 0.15) is 11.6 Å². The summed E-state index contributed by atoms with van der Waals surface area (Å²) in [5, 5.41) is 0. The minimum atomic E-state index is 0.262. The summed E-state index contributed by atoms with van der Waals surface area (Å²) in [6.45, 7) is 6.15. The van der Waals surface area contributed by atoms with Gasteiger partial charge in [0.25, 0.3) is 0 Å². The van der Waals surface area contributed by atoms with Crippen LogP contribution in [0.5, 0.6) is 0 Å². The number of pyridine rings is 2. The lowest BCUT2D eigenvalue weighted by molar-refractivity contribution is 0.315. The second-order valence-electron chi connectivity index (χ2n) is 11.2. The zero-order chi connectivity index (χ0) is 24.4. The highest BCUT2D eigenvalue weighted by Crippen LogP contribution is 2.47. The first-order chi connectivity index (χ1) is 17.6. The molecule has 0 amide bonds. The molecular weight excluding hydrogens is 446 g/mol. The van der Waals surface area contributed by atoms with E-state index in [1.54, 1.807) is 0 Å². The highest BCUT2D eigenvalue weighted by Gasteiger charge is 2.36. The number of nitrogens with zero attached hydrogens (tertiary/aromatic N) is 7. The molecule has 0 spiro atoms. The number of anilines is 2. The molecule has 2 unspecified atom stereocenters. The number of aromatic nitrogens is 4. The maximum Gasteiger partial charge on any atom is 0.133 e. The van der Waals surface area contributed by atoms with E-state index in [1.807, 2.05) is 6.20 Å². The molecule has 1 fully saturated rings. The van der Waals surface area contributed by atoms with E-state index in [4.69, 9.17) is 15.0 Å². The van der Waals surface area contributed by atoms with E-state index in [2.05, 4.69) is 76.8 Å². The summed E-state index contributed by atoms with van der Waals surface area (Å²) in [5.41, 5.74) is 7.56. The van der Waals surface area contributed by atoms with Crippen LogP contribution in [0.3, 0.4) is 0 Å². The van der Waals surface area contributed by atoms with Gasteiger partial charge in [0.2, 0.25) is 0 Å². The summed E-state index contributed by atoms with van der Waals surface area (Å²) in [6.07, 6.45) is 13.2. The van der Waals surface area contributed by atoms with E-state index in [0.29, 0.717) is 12.0 Å². The van der Waals surface area contributed by atoms with Crippen LogP contribution in [0.1, 0.15) is 55.0 Å². The Morgan fingerprint density at radius 1 is 1.11 bits per heavy atom. The summed E-state index contributed by atoms with van der Waals surface area (Å²) in [4.78, 5) is 22.5. The summed E-state index contributed by atoms with van der Waals surface area (Å²) < 4.78 is 2.42. The molecular formula is C29H35N7. The Morgan fingerprint density at radius 2 is 2.03 bits per heavy atom. The molecule has 1 saturated heterocycles. The number of hydrogen-bond acceptors (Lipinski definition) is 6. The van der Waals surface area contributed by atoms with Gasteiger partial charge in [0.15, 0.2) is 0 Å². The highest BCUT2D eigenvalue weighted by atomic mass is 15.3. The van der Waals surface area contributed by atoms with Crippen LogP contribution in [0.2, 0.25) is 0 Å². The molecule has 7 rings (SSSR count). The van der Waals surface area contributed by atoms with E-state index in [0.717, 1.165) is 50.7 Å². The summed E-state index contributed by atoms with van der Waals surface area (Å²) in [5.74, 6) is 2.67. The van der Waals surface area contributed by atoms with Gasteiger partial charge in [-0.05, 0) is 63.4 Å². The molecule has 0 aromatic carbocycles. The number of likely N-dealkylation sites (N-methyl/N-ethyl adjacent to an activating group) is 1. The Labute approximate surface area is 213 Å². The quantitative estimate of drug-likeness (QED) is 0.548. The maximum absolute atomic E-state index is 5.13. The van der Waals surface area contributed by atoms with E-state index >= 15 is 0 Å². The Bertz CT molecular complexity index is 1340. The van der Waals surface area contributed by atoms with Gasteiger partial charge in [-0.2, -0.15) is 0 Å². The van der Waals surface area contributed by atoms with Crippen LogP contribution in [0.25, 0.3) is 17.3 Å². The van der Waals surface area contributed by atoms with Crippen molar-refractivity contribution in [2.24, 2.45) is 5.92 Å². The number of aryl methyl sites for hydroxylation is 1. The van der Waals surface area contributed by atoms with Crippen molar-refractivity contribution in [1.82, 2.24) is 24.4 Å². The molecule has 7 nitrogen and oxygen atoms in total. The SMILES string of the molecule is CC1C=Cc2nc3c(n2C1)-c1cnc(N2CCC(N(C)C)C2)cc1N([C@H]1CCCc2cccnc21)C3. The fourth-order valence-electron chi connectivity index (χ4n) is 6.66. The molecule has 0 saturated carbocycles.